The molecule has 2 heteroatoms. The average molecular weight is 230 g/mol. The quantitative estimate of drug-likeness (QED) is 0.250. The first-order valence-electron chi connectivity index (χ1n) is 5.68. The number of hydrogen-bond acceptors (Lipinski definition) is 2. The Morgan fingerprint density at radius 2 is 2.06 bits per heavy atom. The second-order valence-electron chi connectivity index (χ2n) is 3.58. The maximum Gasteiger partial charge on any atom is 0.171 e. The van der Waals surface area contributed by atoms with Crippen molar-refractivity contribution in [2.75, 3.05) is 0 Å². The fourth-order valence-corrected chi connectivity index (χ4v) is 1.11. The molecule has 90 valence electrons. The van der Waals surface area contributed by atoms with E-state index in [0.717, 1.165) is 38.2 Å². The van der Waals surface area contributed by atoms with E-state index in [0.29, 0.717) is 0 Å². The average Bonchev–Trinajstić information content (AvgIpc) is 2.26. The van der Waals surface area contributed by atoms with Crippen molar-refractivity contribution in [1.82, 2.24) is 0 Å². The van der Waals surface area contributed by atoms with Gasteiger partial charge in [0.2, 0.25) is 0 Å². The fraction of sp³-hybridized carbons (Fsp3) is 0.400. The third kappa shape index (κ3) is 12.0. The molecule has 0 spiro atoms. The molecule has 0 atom stereocenters. The van der Waals surface area contributed by atoms with E-state index in [1.807, 2.05) is 6.08 Å². The molecule has 0 heterocycles. The summed E-state index contributed by atoms with van der Waals surface area (Å²) in [7, 11) is 0. The van der Waals surface area contributed by atoms with Gasteiger partial charge in [-0.2, -0.15) is 0 Å². The predicted molar refractivity (Wildman–Crippen MR) is 70.2 cm³/mol. The van der Waals surface area contributed by atoms with Crippen molar-refractivity contribution >= 4 is 5.78 Å². The number of hydrogen-bond donors (Lipinski definition) is 1. The molecule has 0 amide bonds. The minimum Gasteiger partial charge on any atom is -0.501 e. The van der Waals surface area contributed by atoms with Crippen LogP contribution >= 0.6 is 0 Å². The highest BCUT2D eigenvalue weighted by Gasteiger charge is 1.87. The lowest BCUT2D eigenvalue weighted by molar-refractivity contribution is -0.112. The number of aliphatic hydroxyl groups excluding tert-OH is 1. The normalized spacial score (nSPS) is 9.59. The summed E-state index contributed by atoms with van der Waals surface area (Å²) in [6, 6.07) is 0. The van der Waals surface area contributed by atoms with Crippen molar-refractivity contribution in [3.63, 3.8) is 0 Å². The summed E-state index contributed by atoms with van der Waals surface area (Å²) < 4.78 is 0. The van der Waals surface area contributed by atoms with E-state index >= 15 is 0 Å². The molecule has 1 N–H and O–H groups in total. The molecule has 0 saturated carbocycles. The molecule has 0 radical (unpaired) electrons. The van der Waals surface area contributed by atoms with E-state index in [1.165, 1.54) is 6.92 Å². The molecule has 2 nitrogen and oxygen atoms in total. The van der Waals surface area contributed by atoms with Crippen LogP contribution in [0, 0.1) is 23.7 Å². The zero-order valence-corrected chi connectivity index (χ0v) is 10.3. The first-order chi connectivity index (χ1) is 8.16. The summed E-state index contributed by atoms with van der Waals surface area (Å²) in [4.78, 5) is 10.6. The highest BCUT2D eigenvalue weighted by molar-refractivity contribution is 5.88. The molecule has 17 heavy (non-hydrogen) atoms. The number of allylic oxidation sites excluding steroid dienone is 3. The molecule has 0 rings (SSSR count). The molecule has 0 aliphatic rings. The van der Waals surface area contributed by atoms with E-state index in [-0.39, 0.29) is 11.5 Å². The Morgan fingerprint density at radius 3 is 2.71 bits per heavy atom. The fourth-order valence-electron chi connectivity index (χ4n) is 1.11. The Balaban J connectivity index is 3.78. The maximum absolute atomic E-state index is 10.6. The van der Waals surface area contributed by atoms with Gasteiger partial charge in [0.25, 0.3) is 0 Å². The summed E-state index contributed by atoms with van der Waals surface area (Å²) in [6.07, 6.45) is 8.20. The number of rotatable bonds is 6. The SMILES string of the molecule is C=CCCCCCC#CC#C/C(O)=C\C(C)=O. The van der Waals surface area contributed by atoms with Crippen LogP contribution in [0.25, 0.3) is 0 Å². The van der Waals surface area contributed by atoms with Gasteiger partial charge in [0.05, 0.1) is 0 Å². The highest BCUT2D eigenvalue weighted by atomic mass is 16.3. The minimum atomic E-state index is -0.238. The van der Waals surface area contributed by atoms with E-state index in [9.17, 15) is 4.79 Å². The summed E-state index contributed by atoms with van der Waals surface area (Å²) in [5.41, 5.74) is 0. The molecule has 0 aromatic heterocycles. The monoisotopic (exact) mass is 230 g/mol. The Hall–Kier alpha value is -1.93. The minimum absolute atomic E-state index is 0.230. The predicted octanol–water partition coefficient (Wildman–Crippen LogP) is 3.16. The zero-order chi connectivity index (χ0) is 12.9. The summed E-state index contributed by atoms with van der Waals surface area (Å²) in [5, 5.41) is 9.11. The van der Waals surface area contributed by atoms with Crippen LogP contribution in [0.2, 0.25) is 0 Å². The van der Waals surface area contributed by atoms with Crippen LogP contribution in [0.15, 0.2) is 24.5 Å². The molecule has 0 aromatic carbocycles. The number of carbonyl (C=O) groups excluding carboxylic acids is 1. The number of carbonyl (C=O) groups is 1. The van der Waals surface area contributed by atoms with Gasteiger partial charge in [-0.15, -0.1) is 6.58 Å². The summed E-state index contributed by atoms with van der Waals surface area (Å²) in [5.74, 6) is 9.95. The van der Waals surface area contributed by atoms with Gasteiger partial charge < -0.3 is 5.11 Å². The van der Waals surface area contributed by atoms with Crippen LogP contribution in [0.3, 0.4) is 0 Å². The van der Waals surface area contributed by atoms with Crippen molar-refractivity contribution in [3.8, 4) is 23.7 Å². The Morgan fingerprint density at radius 1 is 1.29 bits per heavy atom. The topological polar surface area (TPSA) is 37.3 Å². The van der Waals surface area contributed by atoms with Gasteiger partial charge in [0, 0.05) is 12.5 Å². The Kier molecular flexibility index (Phi) is 9.38. The van der Waals surface area contributed by atoms with Crippen LogP contribution in [0.5, 0.6) is 0 Å². The van der Waals surface area contributed by atoms with Gasteiger partial charge in [-0.05, 0) is 43.9 Å². The van der Waals surface area contributed by atoms with Crippen molar-refractivity contribution < 1.29 is 9.90 Å². The number of unbranched alkanes of at least 4 members (excludes halogenated alkanes) is 4. The molecule has 0 bridgehead atoms. The summed E-state index contributed by atoms with van der Waals surface area (Å²) >= 11 is 0. The lowest BCUT2D eigenvalue weighted by Crippen LogP contribution is -1.84. The van der Waals surface area contributed by atoms with Crippen molar-refractivity contribution in [2.24, 2.45) is 0 Å². The van der Waals surface area contributed by atoms with Crippen LogP contribution in [0.4, 0.5) is 0 Å². The zero-order valence-electron chi connectivity index (χ0n) is 10.3. The second-order valence-corrected chi connectivity index (χ2v) is 3.58. The molecule has 0 saturated heterocycles. The molecule has 0 fully saturated rings. The van der Waals surface area contributed by atoms with Gasteiger partial charge in [-0.3, -0.25) is 4.79 Å². The van der Waals surface area contributed by atoms with Gasteiger partial charge in [-0.25, -0.2) is 0 Å². The molecular formula is C15H18O2. The van der Waals surface area contributed by atoms with Gasteiger partial charge in [-0.1, -0.05) is 18.4 Å². The van der Waals surface area contributed by atoms with E-state index in [1.54, 1.807) is 0 Å². The van der Waals surface area contributed by atoms with Gasteiger partial charge in [0.15, 0.2) is 11.5 Å². The highest BCUT2D eigenvalue weighted by Crippen LogP contribution is 2.01. The third-order valence-electron chi connectivity index (χ3n) is 1.89. The Bertz CT molecular complexity index is 394. The molecule has 0 aliphatic carbocycles. The van der Waals surface area contributed by atoms with E-state index in [4.69, 9.17) is 5.11 Å². The number of ketones is 1. The van der Waals surface area contributed by atoms with E-state index < -0.39 is 0 Å². The first-order valence-corrected chi connectivity index (χ1v) is 5.68. The van der Waals surface area contributed by atoms with E-state index in [2.05, 4.69) is 30.3 Å². The van der Waals surface area contributed by atoms with Crippen LogP contribution in [0.1, 0.15) is 39.0 Å². The smallest absolute Gasteiger partial charge is 0.171 e. The molecular weight excluding hydrogens is 212 g/mol. The van der Waals surface area contributed by atoms with Crippen LogP contribution in [-0.4, -0.2) is 10.9 Å². The summed E-state index contributed by atoms with van der Waals surface area (Å²) in [6.45, 7) is 5.01. The van der Waals surface area contributed by atoms with Gasteiger partial charge >= 0.3 is 0 Å². The first kappa shape index (κ1) is 15.1. The molecule has 0 aromatic rings. The Labute approximate surface area is 103 Å². The van der Waals surface area contributed by atoms with Crippen LogP contribution < -0.4 is 0 Å². The van der Waals surface area contributed by atoms with Gasteiger partial charge in [0.1, 0.15) is 0 Å². The van der Waals surface area contributed by atoms with Crippen molar-refractivity contribution in [2.45, 2.75) is 39.0 Å². The standard InChI is InChI=1S/C15H18O2/c1-3-4-5-6-7-8-9-10-11-12-15(17)13-14(2)16/h3,13,17H,1,4-8H2,2H3/b15-13+. The molecule has 0 unspecified atom stereocenters. The lowest BCUT2D eigenvalue weighted by atomic mass is 10.1. The largest absolute Gasteiger partial charge is 0.501 e. The maximum atomic E-state index is 10.6. The third-order valence-corrected chi connectivity index (χ3v) is 1.89. The van der Waals surface area contributed by atoms with Crippen LogP contribution in [-0.2, 0) is 4.79 Å². The van der Waals surface area contributed by atoms with Crippen molar-refractivity contribution in [3.05, 3.63) is 24.5 Å². The lowest BCUT2D eigenvalue weighted by Gasteiger charge is -1.91. The second kappa shape index (κ2) is 10.6. The number of aliphatic hydroxyl groups is 1. The van der Waals surface area contributed by atoms with Crippen molar-refractivity contribution in [1.29, 1.82) is 0 Å². The molecule has 0 aliphatic heterocycles.